The van der Waals surface area contributed by atoms with Gasteiger partial charge < -0.3 is 9.64 Å². The highest BCUT2D eigenvalue weighted by atomic mass is 16.5. The Balaban J connectivity index is 1.28. The number of amides is 1. The summed E-state index contributed by atoms with van der Waals surface area (Å²) in [5, 5.41) is 7.61. The maximum absolute atomic E-state index is 12.7. The summed E-state index contributed by atoms with van der Waals surface area (Å²) in [4.78, 5) is 17.2. The Bertz CT molecular complexity index is 853. The number of rotatable bonds is 6. The standard InChI is InChI=1S/C25H34N4O2/c1-20(2)19-31-23-6-4-3-5-22(23)18-28-13-8-25(9-14-28)10-15-29(16-11-25)24(30)21-7-12-26-27-17-21/h3-7,12,17,20H,8-11,13-16,18-19H2,1-2H3. The van der Waals surface area contributed by atoms with Crippen LogP contribution in [0.5, 0.6) is 5.75 Å². The lowest BCUT2D eigenvalue weighted by atomic mass is 9.71. The van der Waals surface area contributed by atoms with E-state index in [-0.39, 0.29) is 5.91 Å². The Labute approximate surface area is 185 Å². The average Bonchev–Trinajstić information content (AvgIpc) is 2.81. The van der Waals surface area contributed by atoms with E-state index in [9.17, 15) is 4.79 Å². The Hall–Kier alpha value is -2.47. The number of para-hydroxylation sites is 1. The second-order valence-corrected chi connectivity index (χ2v) is 9.51. The predicted molar refractivity (Wildman–Crippen MR) is 121 cm³/mol. The van der Waals surface area contributed by atoms with Crippen molar-refractivity contribution >= 4 is 5.91 Å². The molecule has 0 radical (unpaired) electrons. The molecule has 4 rings (SSSR count). The van der Waals surface area contributed by atoms with Crippen molar-refractivity contribution in [3.05, 3.63) is 53.9 Å². The van der Waals surface area contributed by atoms with Crippen molar-refractivity contribution < 1.29 is 9.53 Å². The maximum atomic E-state index is 12.7. The SMILES string of the molecule is CC(C)COc1ccccc1CN1CCC2(CC1)CCN(C(=O)c1ccnnc1)CC2. The van der Waals surface area contributed by atoms with Gasteiger partial charge in [0.25, 0.3) is 5.91 Å². The van der Waals surface area contributed by atoms with E-state index in [2.05, 4.69) is 53.2 Å². The van der Waals surface area contributed by atoms with Crippen LogP contribution in [-0.4, -0.2) is 58.7 Å². The monoisotopic (exact) mass is 422 g/mol. The van der Waals surface area contributed by atoms with Crippen LogP contribution in [0.4, 0.5) is 0 Å². The molecule has 2 aliphatic heterocycles. The Morgan fingerprint density at radius 2 is 1.74 bits per heavy atom. The molecule has 2 fully saturated rings. The minimum Gasteiger partial charge on any atom is -0.493 e. The summed E-state index contributed by atoms with van der Waals surface area (Å²) in [6.07, 6.45) is 7.76. The number of nitrogens with zero attached hydrogens (tertiary/aromatic N) is 4. The van der Waals surface area contributed by atoms with E-state index in [1.807, 2.05) is 4.90 Å². The minimum absolute atomic E-state index is 0.0835. The van der Waals surface area contributed by atoms with E-state index < -0.39 is 0 Å². The van der Waals surface area contributed by atoms with Crippen LogP contribution >= 0.6 is 0 Å². The zero-order chi connectivity index (χ0) is 21.7. The Kier molecular flexibility index (Phi) is 6.86. The van der Waals surface area contributed by atoms with Gasteiger partial charge in [-0.25, -0.2) is 0 Å². The number of aromatic nitrogens is 2. The molecule has 6 nitrogen and oxygen atoms in total. The molecule has 0 atom stereocenters. The molecule has 166 valence electrons. The van der Waals surface area contributed by atoms with Gasteiger partial charge in [-0.3, -0.25) is 9.69 Å². The van der Waals surface area contributed by atoms with Gasteiger partial charge in [0, 0.05) is 25.2 Å². The molecule has 2 aromatic rings. The molecule has 0 N–H and O–H groups in total. The van der Waals surface area contributed by atoms with Gasteiger partial charge in [-0.15, -0.1) is 0 Å². The average molecular weight is 423 g/mol. The predicted octanol–water partition coefficient (Wildman–Crippen LogP) is 4.03. The second kappa shape index (κ2) is 9.77. The highest BCUT2D eigenvalue weighted by Gasteiger charge is 2.38. The molecule has 3 heterocycles. The molecule has 6 heteroatoms. The van der Waals surface area contributed by atoms with Gasteiger partial charge in [0.15, 0.2) is 0 Å². The number of hydrogen-bond donors (Lipinski definition) is 0. The minimum atomic E-state index is 0.0835. The molecule has 31 heavy (non-hydrogen) atoms. The molecule has 1 aromatic carbocycles. The van der Waals surface area contributed by atoms with Gasteiger partial charge in [0.2, 0.25) is 0 Å². The third-order valence-electron chi connectivity index (χ3n) is 6.80. The molecule has 0 aliphatic carbocycles. The third kappa shape index (κ3) is 5.42. The molecule has 0 bridgehead atoms. The van der Waals surface area contributed by atoms with Gasteiger partial charge >= 0.3 is 0 Å². The number of benzene rings is 1. The summed E-state index contributed by atoms with van der Waals surface area (Å²) in [5.41, 5.74) is 2.31. The van der Waals surface area contributed by atoms with Gasteiger partial charge in [-0.1, -0.05) is 32.0 Å². The number of carbonyl (C=O) groups is 1. The lowest BCUT2D eigenvalue weighted by Gasteiger charge is -2.47. The van der Waals surface area contributed by atoms with Crippen LogP contribution in [0.3, 0.4) is 0 Å². The normalized spacial score (nSPS) is 19.0. The zero-order valence-electron chi connectivity index (χ0n) is 18.8. The first-order chi connectivity index (χ1) is 15.0. The molecule has 1 amide bonds. The Morgan fingerprint density at radius 1 is 1.03 bits per heavy atom. The van der Waals surface area contributed by atoms with Gasteiger partial charge in [-0.2, -0.15) is 10.2 Å². The number of carbonyl (C=O) groups excluding carboxylic acids is 1. The Morgan fingerprint density at radius 3 is 2.42 bits per heavy atom. The molecule has 2 saturated heterocycles. The smallest absolute Gasteiger partial charge is 0.255 e. The first kappa shape index (κ1) is 21.8. The first-order valence-corrected chi connectivity index (χ1v) is 11.5. The molecule has 1 aromatic heterocycles. The van der Waals surface area contributed by atoms with Crippen molar-refractivity contribution in [2.75, 3.05) is 32.8 Å². The van der Waals surface area contributed by atoms with Crippen LogP contribution in [0.2, 0.25) is 0 Å². The summed E-state index contributed by atoms with van der Waals surface area (Å²) in [5.74, 6) is 1.63. The van der Waals surface area contributed by atoms with Crippen molar-refractivity contribution in [1.29, 1.82) is 0 Å². The highest BCUT2D eigenvalue weighted by Crippen LogP contribution is 2.42. The molecule has 0 unspecified atom stereocenters. The summed E-state index contributed by atoms with van der Waals surface area (Å²) in [7, 11) is 0. The molecule has 2 aliphatic rings. The van der Waals surface area contributed by atoms with E-state index in [1.54, 1.807) is 18.5 Å². The summed E-state index contributed by atoms with van der Waals surface area (Å²) >= 11 is 0. The van der Waals surface area contributed by atoms with Gasteiger partial charge in [0.05, 0.1) is 24.6 Å². The van der Waals surface area contributed by atoms with Gasteiger partial charge in [0.1, 0.15) is 5.75 Å². The molecular formula is C25H34N4O2. The fraction of sp³-hybridized carbons (Fsp3) is 0.560. The first-order valence-electron chi connectivity index (χ1n) is 11.5. The van der Waals surface area contributed by atoms with Crippen LogP contribution in [0.15, 0.2) is 42.7 Å². The summed E-state index contributed by atoms with van der Waals surface area (Å²) < 4.78 is 6.05. The number of hydrogen-bond acceptors (Lipinski definition) is 5. The summed E-state index contributed by atoms with van der Waals surface area (Å²) in [6, 6.07) is 10.2. The van der Waals surface area contributed by atoms with Crippen LogP contribution < -0.4 is 4.74 Å². The maximum Gasteiger partial charge on any atom is 0.255 e. The lowest BCUT2D eigenvalue weighted by molar-refractivity contribution is 0.0283. The van der Waals surface area contributed by atoms with Crippen molar-refractivity contribution in [3.8, 4) is 5.75 Å². The van der Waals surface area contributed by atoms with E-state index in [4.69, 9.17) is 4.74 Å². The topological polar surface area (TPSA) is 58.6 Å². The number of piperidine rings is 2. The van der Waals surface area contributed by atoms with Crippen molar-refractivity contribution in [3.63, 3.8) is 0 Å². The largest absolute Gasteiger partial charge is 0.493 e. The second-order valence-electron chi connectivity index (χ2n) is 9.51. The zero-order valence-corrected chi connectivity index (χ0v) is 18.8. The number of ether oxygens (including phenoxy) is 1. The van der Waals surface area contributed by atoms with Crippen molar-refractivity contribution in [1.82, 2.24) is 20.0 Å². The summed E-state index contributed by atoms with van der Waals surface area (Å²) in [6.45, 7) is 9.97. The number of likely N-dealkylation sites (tertiary alicyclic amines) is 2. The third-order valence-corrected chi connectivity index (χ3v) is 6.80. The van der Waals surface area contributed by atoms with Crippen LogP contribution in [0.25, 0.3) is 0 Å². The van der Waals surface area contributed by atoms with E-state index in [1.165, 1.54) is 18.4 Å². The van der Waals surface area contributed by atoms with Crippen molar-refractivity contribution in [2.24, 2.45) is 11.3 Å². The fourth-order valence-electron chi connectivity index (χ4n) is 4.74. The fourth-order valence-corrected chi connectivity index (χ4v) is 4.74. The van der Waals surface area contributed by atoms with E-state index >= 15 is 0 Å². The molecule has 1 spiro atoms. The van der Waals surface area contributed by atoms with Crippen LogP contribution in [-0.2, 0) is 6.54 Å². The van der Waals surface area contributed by atoms with Crippen LogP contribution in [0, 0.1) is 11.3 Å². The van der Waals surface area contributed by atoms with Crippen LogP contribution in [0.1, 0.15) is 55.5 Å². The van der Waals surface area contributed by atoms with E-state index in [0.29, 0.717) is 16.9 Å². The highest BCUT2D eigenvalue weighted by molar-refractivity contribution is 5.93. The quantitative estimate of drug-likeness (QED) is 0.703. The van der Waals surface area contributed by atoms with Gasteiger partial charge in [-0.05, 0) is 62.2 Å². The molecule has 0 saturated carbocycles. The molecular weight excluding hydrogens is 388 g/mol. The van der Waals surface area contributed by atoms with E-state index in [0.717, 1.165) is 57.9 Å². The lowest BCUT2D eigenvalue weighted by Crippen LogP contribution is -2.48. The van der Waals surface area contributed by atoms with Crippen molar-refractivity contribution in [2.45, 2.75) is 46.1 Å².